The molecule has 472 valence electrons. The van der Waals surface area contributed by atoms with Gasteiger partial charge in [-0.15, -0.1) is 0 Å². The third-order valence-corrected chi connectivity index (χ3v) is 16.4. The maximum Gasteiger partial charge on any atom is 0.308 e. The number of likely N-dealkylation sites (N-methyl/N-ethyl adjacent to an activating group) is 1. The third kappa shape index (κ3) is 21.0. The van der Waals surface area contributed by atoms with Gasteiger partial charge in [-0.3, -0.25) is 9.59 Å². The first kappa shape index (κ1) is 70.1. The third-order valence-electron chi connectivity index (χ3n) is 16.4. The zero-order valence-electron chi connectivity index (χ0n) is 48.3. The van der Waals surface area contributed by atoms with Crippen LogP contribution in [0.4, 0.5) is 0 Å². The van der Waals surface area contributed by atoms with Gasteiger partial charge in [-0.05, 0) is 39.7 Å². The van der Waals surface area contributed by atoms with E-state index in [1.165, 1.54) is 6.92 Å². The second-order valence-corrected chi connectivity index (χ2v) is 23.0. The van der Waals surface area contributed by atoms with Gasteiger partial charge >= 0.3 is 5.97 Å². The lowest BCUT2D eigenvalue weighted by Crippen LogP contribution is -2.69. The molecule has 0 aromatic carbocycles. The van der Waals surface area contributed by atoms with Crippen LogP contribution in [0.5, 0.6) is 0 Å². The molecule has 4 unspecified atom stereocenters. The van der Waals surface area contributed by atoms with Crippen LogP contribution in [0.2, 0.25) is 0 Å². The number of aliphatic hydroxyl groups excluding tert-OH is 12. The normalized spacial score (nSPS) is 45.2. The highest BCUT2D eigenvalue weighted by atomic mass is 16.7. The maximum absolute atomic E-state index is 14.6. The van der Waals surface area contributed by atoms with Gasteiger partial charge in [-0.1, -0.05) is 106 Å². The Hall–Kier alpha value is -3.68. The van der Waals surface area contributed by atoms with E-state index < -0.39 is 184 Å². The molecule has 5 aliphatic rings. The van der Waals surface area contributed by atoms with E-state index in [0.29, 0.717) is 26.2 Å². The summed E-state index contributed by atoms with van der Waals surface area (Å²) >= 11 is 0. The van der Waals surface area contributed by atoms with Crippen LogP contribution in [0, 0.1) is 17.8 Å². The molecule has 2 bridgehead atoms. The van der Waals surface area contributed by atoms with Gasteiger partial charge in [0.15, 0.2) is 12.1 Å². The van der Waals surface area contributed by atoms with E-state index >= 15 is 0 Å². The minimum atomic E-state index is -2.46. The number of ether oxygens (including phenoxy) is 5. The van der Waals surface area contributed by atoms with E-state index in [9.17, 15) is 81.1 Å². The Morgan fingerprint density at radius 3 is 1.87 bits per heavy atom. The molecular weight excluding hydrogens is 1090 g/mol. The predicted molar refractivity (Wildman–Crippen MR) is 301 cm³/mol. The number of hydrogen-bond acceptors (Lipinski definition) is 23. The lowest BCUT2D eigenvalue weighted by Gasteiger charge is -2.48. The number of carbonyl (C=O) groups excluding carboxylic acids is 2. The first-order chi connectivity index (χ1) is 39.3. The fourth-order valence-corrected chi connectivity index (χ4v) is 11.0. The van der Waals surface area contributed by atoms with Crippen molar-refractivity contribution in [3.8, 4) is 0 Å². The Morgan fingerprint density at radius 1 is 0.651 bits per heavy atom. The van der Waals surface area contributed by atoms with Crippen molar-refractivity contribution in [2.24, 2.45) is 17.8 Å². The summed E-state index contributed by atoms with van der Waals surface area (Å²) in [7, 11) is 0. The molecule has 0 aromatic heterocycles. The summed E-state index contributed by atoms with van der Waals surface area (Å²) in [6, 6.07) is -1.34. The number of amides is 1. The van der Waals surface area contributed by atoms with E-state index in [0.717, 1.165) is 6.54 Å². The van der Waals surface area contributed by atoms with Crippen molar-refractivity contribution in [3.05, 3.63) is 85.1 Å². The van der Waals surface area contributed by atoms with Crippen molar-refractivity contribution in [2.75, 3.05) is 45.9 Å². The zero-order valence-corrected chi connectivity index (χ0v) is 48.3. The van der Waals surface area contributed by atoms with Gasteiger partial charge in [0.2, 0.25) is 11.7 Å². The highest BCUT2D eigenvalue weighted by Gasteiger charge is 2.53. The van der Waals surface area contributed by atoms with Crippen LogP contribution >= 0.6 is 0 Å². The van der Waals surface area contributed by atoms with Gasteiger partial charge in [-0.2, -0.15) is 0 Å². The van der Waals surface area contributed by atoms with Crippen molar-refractivity contribution in [1.29, 1.82) is 0 Å². The van der Waals surface area contributed by atoms with E-state index in [2.05, 4.69) is 10.2 Å². The number of piperazine rings is 1. The zero-order chi connectivity index (χ0) is 61.2. The molecule has 23 atom stereocenters. The van der Waals surface area contributed by atoms with Gasteiger partial charge in [0.05, 0.1) is 98.7 Å². The molecule has 0 radical (unpaired) electrons. The highest BCUT2D eigenvalue weighted by Crippen LogP contribution is 2.39. The van der Waals surface area contributed by atoms with Gasteiger partial charge in [0, 0.05) is 63.7 Å². The van der Waals surface area contributed by atoms with Crippen LogP contribution in [0.15, 0.2) is 85.1 Å². The molecule has 5 heterocycles. The second kappa shape index (κ2) is 33.4. The van der Waals surface area contributed by atoms with Crippen LogP contribution in [-0.2, 0) is 33.3 Å². The molecule has 5 aliphatic heterocycles. The summed E-state index contributed by atoms with van der Waals surface area (Å²) in [6.07, 6.45) is -2.61. The summed E-state index contributed by atoms with van der Waals surface area (Å²) < 4.78 is 29.6. The van der Waals surface area contributed by atoms with Crippen molar-refractivity contribution >= 4 is 11.9 Å². The average molecular weight is 1180 g/mol. The quantitative estimate of drug-likeness (QED) is 0.125. The molecular formula is C59H95N3O21. The predicted octanol–water partition coefficient (Wildman–Crippen LogP) is -1.78. The number of aliphatic hydroxyl groups is 14. The number of rotatable bonds is 7. The molecule has 4 fully saturated rings. The number of fused-ring (bicyclic) bond motifs is 2. The first-order valence-corrected chi connectivity index (χ1v) is 29.1. The lowest BCUT2D eigenvalue weighted by atomic mass is 9.81. The smallest absolute Gasteiger partial charge is 0.308 e. The van der Waals surface area contributed by atoms with E-state index in [1.807, 2.05) is 19.9 Å². The molecule has 5 rings (SSSR count). The van der Waals surface area contributed by atoms with Crippen molar-refractivity contribution < 1.29 is 105 Å². The Balaban J connectivity index is 1.44. The molecule has 4 saturated heterocycles. The molecule has 1 amide bonds. The van der Waals surface area contributed by atoms with Gasteiger partial charge < -0.3 is 110 Å². The summed E-state index contributed by atoms with van der Waals surface area (Å²) in [5, 5.41) is 158. The summed E-state index contributed by atoms with van der Waals surface area (Å²) in [5.41, 5.74) is 0. The number of cyclic esters (lactones) is 1. The summed E-state index contributed by atoms with van der Waals surface area (Å²) in [6.45, 7) is 10.0. The van der Waals surface area contributed by atoms with E-state index in [-0.39, 0.29) is 31.6 Å². The second-order valence-electron chi connectivity index (χ2n) is 23.0. The highest BCUT2D eigenvalue weighted by molar-refractivity contribution is 5.80. The first-order valence-electron chi connectivity index (χ1n) is 29.1. The fraction of sp³-hybridized carbons (Fsp3) is 0.729. The Kier molecular flexibility index (Phi) is 28.2. The fourth-order valence-electron chi connectivity index (χ4n) is 11.0. The molecule has 24 heteroatoms. The summed E-state index contributed by atoms with van der Waals surface area (Å²) in [5.74, 6) is -8.11. The van der Waals surface area contributed by atoms with Crippen LogP contribution in [0.3, 0.4) is 0 Å². The van der Waals surface area contributed by atoms with Gasteiger partial charge in [-0.25, -0.2) is 0 Å². The standard InChI is InChI=1S/C59H95N3O21/c1-6-61-23-25-62(26-24-61)56(76)49-45(68)32-58(77)31-41(65)28-44(67)43(66)22-21-39(63)27-40(64)29-48(70)80-37(4)36(3)51(71)35(2)19-17-15-13-11-9-7-8-10-12-14-16-18-20-42(30-47(49)83-58)82-57-54(74)50(52(72)38(5)81-57)60-34-59(78)55(75)53(73)46(69)33-79-59/h7-20,35-47,49-55,57,60,63-69,71-75,77-78H,6,21-34H2,1-5H3/b8-7+,11-9+,12-10+,15-13+,16-14+,19-17+,20-18+/t35-,36?,37-,38+,39+,40+,41-,42-,43+,44+,45-,46+,47?,49?,50-,51+,52+,53+,54-,55-,57?,58+,59+/m0/s1. The molecule has 0 spiro atoms. The monoisotopic (exact) mass is 1180 g/mol. The molecule has 0 aromatic rings. The van der Waals surface area contributed by atoms with Crippen LogP contribution in [-0.4, -0.2) is 261 Å². The van der Waals surface area contributed by atoms with Crippen LogP contribution in [0.1, 0.15) is 86.0 Å². The Labute approximate surface area is 486 Å². The Morgan fingerprint density at radius 2 is 1.25 bits per heavy atom. The minimum absolute atomic E-state index is 0.124. The largest absolute Gasteiger partial charge is 0.462 e. The number of allylic oxidation sites excluding steroid dienone is 12. The van der Waals surface area contributed by atoms with Crippen LogP contribution in [0.25, 0.3) is 0 Å². The maximum atomic E-state index is 14.6. The number of nitrogens with one attached hydrogen (secondary N) is 1. The average Bonchev–Trinajstić information content (AvgIpc) is 3.06. The van der Waals surface area contributed by atoms with Crippen molar-refractivity contribution in [2.45, 2.75) is 208 Å². The number of hydrogen-bond donors (Lipinski definition) is 15. The number of esters is 1. The number of carbonyl (C=O) groups is 2. The minimum Gasteiger partial charge on any atom is -0.462 e. The van der Waals surface area contributed by atoms with Gasteiger partial charge in [0.25, 0.3) is 0 Å². The summed E-state index contributed by atoms with van der Waals surface area (Å²) in [4.78, 5) is 31.1. The molecule has 0 aliphatic carbocycles. The topological polar surface area (TPSA) is 382 Å². The van der Waals surface area contributed by atoms with E-state index in [4.69, 9.17) is 23.7 Å². The van der Waals surface area contributed by atoms with Crippen LogP contribution < -0.4 is 5.32 Å². The van der Waals surface area contributed by atoms with Gasteiger partial charge in [0.1, 0.15) is 30.5 Å². The molecule has 0 saturated carbocycles. The lowest BCUT2D eigenvalue weighted by molar-refractivity contribution is -0.323. The van der Waals surface area contributed by atoms with Crippen molar-refractivity contribution in [1.82, 2.24) is 15.1 Å². The van der Waals surface area contributed by atoms with E-state index in [1.54, 1.807) is 97.7 Å². The van der Waals surface area contributed by atoms with Crippen molar-refractivity contribution in [3.63, 3.8) is 0 Å². The molecule has 24 nitrogen and oxygen atoms in total. The molecule has 15 N–H and O–H groups in total. The SMILES string of the molecule is CCN1CCN(C(=O)C2C3C[C@@H](OC4O[C@H](C)[C@@H](O)[C@H](NC[C@@]5(O)OC[C@@H](O)[C@@H](O)[C@@H]5O)[C@@H]4O)/C=C/C=C/C=C/C=C/C=C/C=C/C=C/[C@H](C)[C@@H](O)C(C)[C@H](C)OC(=O)C[C@H](O)C[C@H](O)CC[C@@H](O)[C@H](O)C[C@H](O)C[C@](O)(C[C@@H]2O)O3)CC1. The number of nitrogens with zero attached hydrogens (tertiary/aromatic N) is 2. The molecule has 83 heavy (non-hydrogen) atoms. The Bertz CT molecular complexity index is 2190.